The minimum Gasteiger partial charge on any atom is -0.375 e. The van der Waals surface area contributed by atoms with Gasteiger partial charge in [0.15, 0.2) is 0 Å². The molecule has 1 aliphatic heterocycles. The monoisotopic (exact) mass is 180 g/mol. The van der Waals surface area contributed by atoms with Crippen LogP contribution in [0.15, 0.2) is 25.3 Å². The maximum Gasteiger partial charge on any atom is 0.0689 e. The Morgan fingerprint density at radius 2 is 1.77 bits per heavy atom. The van der Waals surface area contributed by atoms with Gasteiger partial charge in [0.05, 0.1) is 5.60 Å². The van der Waals surface area contributed by atoms with E-state index in [9.17, 15) is 0 Å². The van der Waals surface area contributed by atoms with Crippen molar-refractivity contribution in [1.82, 2.24) is 0 Å². The van der Waals surface area contributed by atoms with Crippen molar-refractivity contribution in [1.29, 1.82) is 0 Å². The summed E-state index contributed by atoms with van der Waals surface area (Å²) in [5.41, 5.74) is 0.155. The van der Waals surface area contributed by atoms with Crippen LogP contribution in [0.2, 0.25) is 0 Å². The molecule has 1 heteroatoms. The second-order valence-corrected chi connectivity index (χ2v) is 3.79. The third kappa shape index (κ3) is 3.00. The van der Waals surface area contributed by atoms with Crippen molar-refractivity contribution in [3.05, 3.63) is 25.3 Å². The molecular weight excluding hydrogens is 160 g/mol. The van der Waals surface area contributed by atoms with Gasteiger partial charge >= 0.3 is 0 Å². The van der Waals surface area contributed by atoms with Crippen molar-refractivity contribution < 1.29 is 4.74 Å². The maximum absolute atomic E-state index is 5.85. The lowest BCUT2D eigenvalue weighted by Crippen LogP contribution is -2.27. The summed E-state index contributed by atoms with van der Waals surface area (Å²) < 4.78 is 5.85. The molecule has 74 valence electrons. The molecule has 1 heterocycles. The first kappa shape index (κ1) is 10.5. The fourth-order valence-electron chi connectivity index (χ4n) is 2.00. The summed E-state index contributed by atoms with van der Waals surface area (Å²) in [5.74, 6) is 0. The van der Waals surface area contributed by atoms with Crippen LogP contribution in [0.5, 0.6) is 0 Å². The molecule has 13 heavy (non-hydrogen) atoms. The third-order valence-electron chi connectivity index (χ3n) is 2.79. The highest BCUT2D eigenvalue weighted by Gasteiger charge is 2.33. The van der Waals surface area contributed by atoms with E-state index in [2.05, 4.69) is 13.2 Å². The third-order valence-corrected chi connectivity index (χ3v) is 2.79. The number of hydrogen-bond donors (Lipinski definition) is 0. The Hall–Kier alpha value is -0.560. The highest BCUT2D eigenvalue weighted by atomic mass is 16.5. The predicted molar refractivity (Wildman–Crippen MR) is 56.8 cm³/mol. The van der Waals surface area contributed by atoms with E-state index in [4.69, 9.17) is 4.74 Å². The van der Waals surface area contributed by atoms with E-state index >= 15 is 0 Å². The number of ether oxygens (including phenoxy) is 1. The smallest absolute Gasteiger partial charge is 0.0689 e. The average molecular weight is 180 g/mol. The van der Waals surface area contributed by atoms with Gasteiger partial charge in [0, 0.05) is 6.61 Å². The SMILES string of the molecule is C=CCCC1(CCC=C)CCCO1. The topological polar surface area (TPSA) is 9.23 Å². The van der Waals surface area contributed by atoms with E-state index in [1.807, 2.05) is 12.2 Å². The zero-order valence-corrected chi connectivity index (χ0v) is 8.43. The Morgan fingerprint density at radius 3 is 2.15 bits per heavy atom. The molecular formula is C12H20O. The fraction of sp³-hybridized carbons (Fsp3) is 0.667. The average Bonchev–Trinajstić information content (AvgIpc) is 2.61. The van der Waals surface area contributed by atoms with Gasteiger partial charge in [0.25, 0.3) is 0 Å². The van der Waals surface area contributed by atoms with Gasteiger partial charge in [0.1, 0.15) is 0 Å². The lowest BCUT2D eigenvalue weighted by molar-refractivity contribution is -0.00808. The summed E-state index contributed by atoms with van der Waals surface area (Å²) in [6.45, 7) is 8.45. The van der Waals surface area contributed by atoms with E-state index in [1.165, 1.54) is 12.8 Å². The van der Waals surface area contributed by atoms with E-state index in [0.29, 0.717) is 0 Å². The second-order valence-electron chi connectivity index (χ2n) is 3.79. The summed E-state index contributed by atoms with van der Waals surface area (Å²) in [6.07, 6.45) is 10.8. The largest absolute Gasteiger partial charge is 0.375 e. The molecule has 0 aliphatic carbocycles. The van der Waals surface area contributed by atoms with Crippen LogP contribution in [0, 0.1) is 0 Å². The van der Waals surface area contributed by atoms with Crippen molar-refractivity contribution in [2.75, 3.05) is 6.61 Å². The Morgan fingerprint density at radius 1 is 1.15 bits per heavy atom. The molecule has 0 bridgehead atoms. The van der Waals surface area contributed by atoms with Crippen molar-refractivity contribution >= 4 is 0 Å². The van der Waals surface area contributed by atoms with Crippen molar-refractivity contribution in [2.45, 2.75) is 44.1 Å². The molecule has 0 amide bonds. The number of rotatable bonds is 6. The van der Waals surface area contributed by atoms with E-state index in [-0.39, 0.29) is 5.60 Å². The lowest BCUT2D eigenvalue weighted by atomic mass is 9.89. The predicted octanol–water partition coefficient (Wildman–Crippen LogP) is 3.47. The Kier molecular flexibility index (Phi) is 4.23. The van der Waals surface area contributed by atoms with Crippen LogP contribution in [0.3, 0.4) is 0 Å². The second kappa shape index (κ2) is 5.23. The molecule has 1 nitrogen and oxygen atoms in total. The summed E-state index contributed by atoms with van der Waals surface area (Å²) in [7, 11) is 0. The van der Waals surface area contributed by atoms with E-state index < -0.39 is 0 Å². The first-order valence-corrected chi connectivity index (χ1v) is 5.19. The van der Waals surface area contributed by atoms with Gasteiger partial charge in [-0.25, -0.2) is 0 Å². The number of allylic oxidation sites excluding steroid dienone is 2. The molecule has 0 aromatic heterocycles. The van der Waals surface area contributed by atoms with Gasteiger partial charge in [-0.1, -0.05) is 12.2 Å². The van der Waals surface area contributed by atoms with Crippen LogP contribution >= 0.6 is 0 Å². The molecule has 0 radical (unpaired) electrons. The fourth-order valence-corrected chi connectivity index (χ4v) is 2.00. The van der Waals surface area contributed by atoms with Gasteiger partial charge in [-0.05, 0) is 38.5 Å². The van der Waals surface area contributed by atoms with Crippen LogP contribution in [-0.2, 0) is 4.74 Å². The minimum absolute atomic E-state index is 0.155. The standard InChI is InChI=1S/C12H20O/c1-3-5-8-12(9-6-4-2)10-7-11-13-12/h3-4H,1-2,5-11H2. The Balaban J connectivity index is 2.41. The molecule has 0 atom stereocenters. The molecule has 0 N–H and O–H groups in total. The van der Waals surface area contributed by atoms with Gasteiger partial charge in [-0.3, -0.25) is 0 Å². The van der Waals surface area contributed by atoms with Crippen LogP contribution in [0.1, 0.15) is 38.5 Å². The molecule has 0 spiro atoms. The summed E-state index contributed by atoms with van der Waals surface area (Å²) in [4.78, 5) is 0. The highest BCUT2D eigenvalue weighted by molar-refractivity contribution is 4.89. The van der Waals surface area contributed by atoms with Gasteiger partial charge in [0.2, 0.25) is 0 Å². The lowest BCUT2D eigenvalue weighted by Gasteiger charge is -2.27. The zero-order chi connectivity index (χ0) is 9.57. The van der Waals surface area contributed by atoms with Gasteiger partial charge in [-0.2, -0.15) is 0 Å². The zero-order valence-electron chi connectivity index (χ0n) is 8.43. The van der Waals surface area contributed by atoms with E-state index in [1.54, 1.807) is 0 Å². The number of hydrogen-bond acceptors (Lipinski definition) is 1. The summed E-state index contributed by atoms with van der Waals surface area (Å²) >= 11 is 0. The Bertz CT molecular complexity index is 152. The van der Waals surface area contributed by atoms with Crippen molar-refractivity contribution in [3.8, 4) is 0 Å². The molecule has 0 unspecified atom stereocenters. The Labute approximate surface area is 81.5 Å². The minimum atomic E-state index is 0.155. The maximum atomic E-state index is 5.85. The van der Waals surface area contributed by atoms with Gasteiger partial charge in [-0.15, -0.1) is 13.2 Å². The molecule has 0 aromatic rings. The van der Waals surface area contributed by atoms with Crippen LogP contribution < -0.4 is 0 Å². The van der Waals surface area contributed by atoms with Crippen molar-refractivity contribution in [3.63, 3.8) is 0 Å². The quantitative estimate of drug-likeness (QED) is 0.569. The molecule has 1 rings (SSSR count). The first-order valence-electron chi connectivity index (χ1n) is 5.19. The molecule has 0 aromatic carbocycles. The van der Waals surface area contributed by atoms with Gasteiger partial charge < -0.3 is 4.74 Å². The normalized spacial score (nSPS) is 20.0. The van der Waals surface area contributed by atoms with Crippen LogP contribution in [0.25, 0.3) is 0 Å². The van der Waals surface area contributed by atoms with Crippen LogP contribution in [-0.4, -0.2) is 12.2 Å². The highest BCUT2D eigenvalue weighted by Crippen LogP contribution is 2.34. The molecule has 1 saturated heterocycles. The summed E-state index contributed by atoms with van der Waals surface area (Å²) in [6, 6.07) is 0. The summed E-state index contributed by atoms with van der Waals surface area (Å²) in [5, 5.41) is 0. The molecule has 0 saturated carbocycles. The molecule has 1 fully saturated rings. The molecule has 1 aliphatic rings. The van der Waals surface area contributed by atoms with Crippen molar-refractivity contribution in [2.24, 2.45) is 0 Å². The van der Waals surface area contributed by atoms with E-state index in [0.717, 1.165) is 32.3 Å². The van der Waals surface area contributed by atoms with Crippen LogP contribution in [0.4, 0.5) is 0 Å². The first-order chi connectivity index (χ1) is 6.33.